The molecule has 1 saturated heterocycles. The molecule has 1 unspecified atom stereocenters. The number of carbonyl (C=O) groups excluding carboxylic acids is 1. The number of likely N-dealkylation sites (tertiary alicyclic amines) is 1. The van der Waals surface area contributed by atoms with Crippen LogP contribution in [0.15, 0.2) is 24.3 Å². The maximum absolute atomic E-state index is 12.4. The van der Waals surface area contributed by atoms with Crippen LogP contribution in [-0.4, -0.2) is 36.0 Å². The number of aryl methyl sites for hydroxylation is 1. The summed E-state index contributed by atoms with van der Waals surface area (Å²) in [5.41, 5.74) is 2.62. The number of piperidine rings is 1. The Morgan fingerprint density at radius 2 is 2.15 bits per heavy atom. The fourth-order valence-corrected chi connectivity index (χ4v) is 2.98. The molecule has 0 spiro atoms. The predicted octanol–water partition coefficient (Wildman–Crippen LogP) is 2.28. The van der Waals surface area contributed by atoms with Crippen LogP contribution in [0.1, 0.15) is 36.8 Å². The molecule has 1 atom stereocenters. The molecule has 1 saturated carbocycles. The summed E-state index contributed by atoms with van der Waals surface area (Å²) < 4.78 is 0. The highest BCUT2D eigenvalue weighted by Crippen LogP contribution is 2.22. The van der Waals surface area contributed by atoms with Crippen LogP contribution in [0, 0.1) is 6.92 Å². The molecule has 1 aliphatic carbocycles. The lowest BCUT2D eigenvalue weighted by Crippen LogP contribution is -2.51. The third-order valence-electron chi connectivity index (χ3n) is 4.30. The van der Waals surface area contributed by atoms with E-state index in [1.165, 1.54) is 24.0 Å². The highest BCUT2D eigenvalue weighted by atomic mass is 16.2. The van der Waals surface area contributed by atoms with E-state index in [0.717, 1.165) is 32.4 Å². The van der Waals surface area contributed by atoms with Crippen LogP contribution in [-0.2, 0) is 11.2 Å². The minimum absolute atomic E-state index is 0.0776. The molecule has 1 aromatic rings. The molecule has 1 aliphatic heterocycles. The average Bonchev–Trinajstić information content (AvgIpc) is 3.24. The van der Waals surface area contributed by atoms with Crippen molar-refractivity contribution < 1.29 is 4.79 Å². The fourth-order valence-electron chi connectivity index (χ4n) is 2.98. The molecule has 3 nitrogen and oxygen atoms in total. The van der Waals surface area contributed by atoms with Crippen LogP contribution in [0.4, 0.5) is 0 Å². The number of rotatable bonds is 5. The van der Waals surface area contributed by atoms with Crippen molar-refractivity contribution in [1.82, 2.24) is 10.2 Å². The Morgan fingerprint density at radius 1 is 1.30 bits per heavy atom. The van der Waals surface area contributed by atoms with Gasteiger partial charge in [-0.25, -0.2) is 0 Å². The Morgan fingerprint density at radius 3 is 2.90 bits per heavy atom. The lowest BCUT2D eigenvalue weighted by Gasteiger charge is -2.33. The van der Waals surface area contributed by atoms with Gasteiger partial charge < -0.3 is 10.2 Å². The third kappa shape index (κ3) is 3.40. The number of hydrogen-bond acceptors (Lipinski definition) is 2. The summed E-state index contributed by atoms with van der Waals surface area (Å²) in [6.07, 6.45) is 5.59. The lowest BCUT2D eigenvalue weighted by molar-refractivity contribution is -0.136. The number of benzene rings is 1. The summed E-state index contributed by atoms with van der Waals surface area (Å²) in [5, 5.41) is 3.49. The van der Waals surface area contributed by atoms with Crippen LogP contribution < -0.4 is 5.32 Å². The van der Waals surface area contributed by atoms with Gasteiger partial charge >= 0.3 is 0 Å². The molecule has 1 aromatic carbocycles. The van der Waals surface area contributed by atoms with E-state index in [1.807, 2.05) is 4.90 Å². The number of hydrogen-bond donors (Lipinski definition) is 1. The molecule has 1 heterocycles. The normalized spacial score (nSPS) is 23.1. The molecule has 1 N–H and O–H groups in total. The van der Waals surface area contributed by atoms with Gasteiger partial charge in [0.2, 0.25) is 5.91 Å². The Bertz CT molecular complexity index is 482. The Labute approximate surface area is 121 Å². The summed E-state index contributed by atoms with van der Waals surface area (Å²) in [4.78, 5) is 14.5. The van der Waals surface area contributed by atoms with Crippen molar-refractivity contribution in [3.8, 4) is 0 Å². The Balaban J connectivity index is 1.54. The van der Waals surface area contributed by atoms with E-state index < -0.39 is 0 Å². The standard InChI is InChI=1S/C17H24N2O/c1-13-4-2-5-14(12-13)9-11-19-10-3-6-16(17(19)20)18-15-7-8-15/h2,4-5,12,15-16,18H,3,6-11H2,1H3. The molecular formula is C17H24N2O. The number of carbonyl (C=O) groups is 1. The van der Waals surface area contributed by atoms with Crippen molar-refractivity contribution in [2.24, 2.45) is 0 Å². The van der Waals surface area contributed by atoms with Crippen molar-refractivity contribution in [2.75, 3.05) is 13.1 Å². The fraction of sp³-hybridized carbons (Fsp3) is 0.588. The summed E-state index contributed by atoms with van der Waals surface area (Å²) >= 11 is 0. The first-order valence-corrected chi connectivity index (χ1v) is 7.83. The first kappa shape index (κ1) is 13.6. The third-order valence-corrected chi connectivity index (χ3v) is 4.30. The van der Waals surface area contributed by atoms with Crippen LogP contribution in [0.2, 0.25) is 0 Å². The zero-order valence-corrected chi connectivity index (χ0v) is 12.3. The molecule has 2 fully saturated rings. The minimum atomic E-state index is 0.0776. The van der Waals surface area contributed by atoms with Gasteiger partial charge in [0.15, 0.2) is 0 Å². The first-order chi connectivity index (χ1) is 9.72. The lowest BCUT2D eigenvalue weighted by atomic mass is 10.0. The van der Waals surface area contributed by atoms with Crippen LogP contribution in [0.3, 0.4) is 0 Å². The Kier molecular flexibility index (Phi) is 4.06. The van der Waals surface area contributed by atoms with Crippen LogP contribution in [0.25, 0.3) is 0 Å². The van der Waals surface area contributed by atoms with Gasteiger partial charge in [-0.3, -0.25) is 4.79 Å². The van der Waals surface area contributed by atoms with Gasteiger partial charge in [0.05, 0.1) is 6.04 Å². The summed E-state index contributed by atoms with van der Waals surface area (Å²) in [6.45, 7) is 3.89. The quantitative estimate of drug-likeness (QED) is 0.892. The molecule has 1 amide bonds. The highest BCUT2D eigenvalue weighted by Gasteiger charge is 2.32. The van der Waals surface area contributed by atoms with Crippen molar-refractivity contribution in [2.45, 2.75) is 51.1 Å². The second-order valence-electron chi connectivity index (χ2n) is 6.20. The number of amides is 1. The first-order valence-electron chi connectivity index (χ1n) is 7.83. The van der Waals surface area contributed by atoms with Crippen LogP contribution >= 0.6 is 0 Å². The Hall–Kier alpha value is -1.35. The average molecular weight is 272 g/mol. The van der Waals surface area contributed by atoms with E-state index in [9.17, 15) is 4.79 Å². The van der Waals surface area contributed by atoms with Gasteiger partial charge in [-0.15, -0.1) is 0 Å². The largest absolute Gasteiger partial charge is 0.341 e. The van der Waals surface area contributed by atoms with E-state index in [4.69, 9.17) is 0 Å². The summed E-state index contributed by atoms with van der Waals surface area (Å²) in [5.74, 6) is 0.316. The summed E-state index contributed by atoms with van der Waals surface area (Å²) in [7, 11) is 0. The van der Waals surface area contributed by atoms with Gasteiger partial charge in [0.25, 0.3) is 0 Å². The maximum Gasteiger partial charge on any atom is 0.239 e. The molecule has 108 valence electrons. The molecule has 0 bridgehead atoms. The van der Waals surface area contributed by atoms with E-state index >= 15 is 0 Å². The van der Waals surface area contributed by atoms with Crippen molar-refractivity contribution >= 4 is 5.91 Å². The van der Waals surface area contributed by atoms with Gasteiger partial charge in [0.1, 0.15) is 0 Å². The monoisotopic (exact) mass is 272 g/mol. The minimum Gasteiger partial charge on any atom is -0.341 e. The van der Waals surface area contributed by atoms with Crippen LogP contribution in [0.5, 0.6) is 0 Å². The van der Waals surface area contributed by atoms with Crippen molar-refractivity contribution in [3.05, 3.63) is 35.4 Å². The highest BCUT2D eigenvalue weighted by molar-refractivity contribution is 5.82. The van der Waals surface area contributed by atoms with E-state index in [0.29, 0.717) is 11.9 Å². The second kappa shape index (κ2) is 5.96. The molecular weight excluding hydrogens is 248 g/mol. The molecule has 3 heteroatoms. The topological polar surface area (TPSA) is 32.3 Å². The number of nitrogens with zero attached hydrogens (tertiary/aromatic N) is 1. The zero-order valence-electron chi connectivity index (χ0n) is 12.3. The molecule has 0 aromatic heterocycles. The maximum atomic E-state index is 12.4. The molecule has 0 radical (unpaired) electrons. The second-order valence-corrected chi connectivity index (χ2v) is 6.20. The van der Waals surface area contributed by atoms with Gasteiger partial charge in [-0.1, -0.05) is 29.8 Å². The van der Waals surface area contributed by atoms with Crippen molar-refractivity contribution in [1.29, 1.82) is 0 Å². The zero-order chi connectivity index (χ0) is 13.9. The predicted molar refractivity (Wildman–Crippen MR) is 80.6 cm³/mol. The smallest absolute Gasteiger partial charge is 0.239 e. The van der Waals surface area contributed by atoms with Gasteiger partial charge in [0, 0.05) is 19.1 Å². The molecule has 3 rings (SSSR count). The molecule has 20 heavy (non-hydrogen) atoms. The van der Waals surface area contributed by atoms with E-state index in [2.05, 4.69) is 36.5 Å². The number of nitrogens with one attached hydrogen (secondary N) is 1. The van der Waals surface area contributed by atoms with Gasteiger partial charge in [-0.2, -0.15) is 0 Å². The SMILES string of the molecule is Cc1cccc(CCN2CCCC(NC3CC3)C2=O)c1. The molecule has 2 aliphatic rings. The summed E-state index contributed by atoms with van der Waals surface area (Å²) in [6, 6.07) is 9.27. The van der Waals surface area contributed by atoms with E-state index in [1.54, 1.807) is 0 Å². The van der Waals surface area contributed by atoms with Gasteiger partial charge in [-0.05, 0) is 44.6 Å². The van der Waals surface area contributed by atoms with Crippen molar-refractivity contribution in [3.63, 3.8) is 0 Å². The van der Waals surface area contributed by atoms with E-state index in [-0.39, 0.29) is 6.04 Å².